The molecule has 0 saturated carbocycles. The van der Waals surface area contributed by atoms with E-state index in [1.165, 1.54) is 12.1 Å². The molecule has 9 heteroatoms. The predicted molar refractivity (Wildman–Crippen MR) is 79.7 cm³/mol. The quantitative estimate of drug-likeness (QED) is 0.783. The lowest BCUT2D eigenvalue weighted by Crippen LogP contribution is -2.19. The van der Waals surface area contributed by atoms with Crippen molar-refractivity contribution in [3.63, 3.8) is 0 Å². The molecule has 2 aromatic rings. The van der Waals surface area contributed by atoms with Gasteiger partial charge in [0.2, 0.25) is 5.88 Å². The SMILES string of the molecule is Cc1cnccc1C(=O)Cl.N#Cc1ccc(OCC(F)(F)F)nc1. The fourth-order valence-corrected chi connectivity index (χ4v) is 1.59. The molecule has 0 spiro atoms. The molecule has 0 unspecified atom stereocenters. The maximum Gasteiger partial charge on any atom is 0.422 e. The number of aromatic nitrogens is 2. The van der Waals surface area contributed by atoms with Crippen molar-refractivity contribution in [1.82, 2.24) is 9.97 Å². The molecule has 0 aromatic carbocycles. The van der Waals surface area contributed by atoms with Gasteiger partial charge in [-0.1, -0.05) is 0 Å². The second-order valence-electron chi connectivity index (χ2n) is 4.37. The average Bonchev–Trinajstić information content (AvgIpc) is 2.53. The zero-order valence-corrected chi connectivity index (χ0v) is 13.1. The second-order valence-corrected chi connectivity index (χ2v) is 4.71. The summed E-state index contributed by atoms with van der Waals surface area (Å²) in [5.74, 6) is -0.152. The van der Waals surface area contributed by atoms with Crippen molar-refractivity contribution in [2.75, 3.05) is 6.61 Å². The average molecular weight is 358 g/mol. The smallest absolute Gasteiger partial charge is 0.422 e. The van der Waals surface area contributed by atoms with Gasteiger partial charge in [-0.3, -0.25) is 9.78 Å². The highest BCUT2D eigenvalue weighted by Gasteiger charge is 2.28. The lowest BCUT2D eigenvalue weighted by atomic mass is 10.2. The summed E-state index contributed by atoms with van der Waals surface area (Å²) in [6.07, 6.45) is -0.0838. The van der Waals surface area contributed by atoms with E-state index in [1.54, 1.807) is 31.5 Å². The van der Waals surface area contributed by atoms with Crippen LogP contribution in [0.1, 0.15) is 21.5 Å². The zero-order chi connectivity index (χ0) is 18.2. The fraction of sp³-hybridized carbons (Fsp3) is 0.200. The molecule has 0 N–H and O–H groups in total. The minimum absolute atomic E-state index is 0.152. The summed E-state index contributed by atoms with van der Waals surface area (Å²) < 4.78 is 39.4. The van der Waals surface area contributed by atoms with Crippen molar-refractivity contribution < 1.29 is 22.7 Å². The standard InChI is InChI=1S/C8H5F3N2O.C7H6ClNO/c9-8(10,11)5-14-7-2-1-6(3-12)4-13-7;1-5-4-9-3-2-6(5)7(8)10/h1-2,4H,5H2;2-4H,1H3. The third kappa shape index (κ3) is 7.07. The van der Waals surface area contributed by atoms with E-state index in [2.05, 4.69) is 14.7 Å². The maximum absolute atomic E-state index is 11.7. The van der Waals surface area contributed by atoms with E-state index in [0.29, 0.717) is 5.56 Å². The third-order valence-electron chi connectivity index (χ3n) is 2.48. The summed E-state index contributed by atoms with van der Waals surface area (Å²) in [5.41, 5.74) is 1.60. The molecule has 0 fully saturated rings. The molecule has 0 aliphatic rings. The molecule has 0 atom stereocenters. The fourth-order valence-electron chi connectivity index (χ4n) is 1.38. The second kappa shape index (κ2) is 8.84. The number of aryl methyl sites for hydroxylation is 1. The van der Waals surface area contributed by atoms with Crippen LogP contribution in [0, 0.1) is 18.3 Å². The van der Waals surface area contributed by atoms with E-state index >= 15 is 0 Å². The third-order valence-corrected chi connectivity index (χ3v) is 2.68. The molecule has 126 valence electrons. The Morgan fingerprint density at radius 1 is 1.33 bits per heavy atom. The van der Waals surface area contributed by atoms with E-state index in [0.717, 1.165) is 11.8 Å². The predicted octanol–water partition coefficient (Wildman–Crippen LogP) is 3.66. The molecule has 0 aliphatic heterocycles. The number of nitrogens with zero attached hydrogens (tertiary/aromatic N) is 3. The summed E-state index contributed by atoms with van der Waals surface area (Å²) in [6, 6.07) is 5.93. The molecule has 0 bridgehead atoms. The Kier molecular flexibility index (Phi) is 7.14. The van der Waals surface area contributed by atoms with Crippen LogP contribution >= 0.6 is 11.6 Å². The van der Waals surface area contributed by atoms with Crippen LogP contribution in [0.2, 0.25) is 0 Å². The van der Waals surface area contributed by atoms with Gasteiger partial charge < -0.3 is 4.74 Å². The highest BCUT2D eigenvalue weighted by molar-refractivity contribution is 6.67. The summed E-state index contributed by atoms with van der Waals surface area (Å²) >= 11 is 5.24. The van der Waals surface area contributed by atoms with Crippen LogP contribution in [0.5, 0.6) is 5.88 Å². The van der Waals surface area contributed by atoms with Crippen LogP contribution in [0.25, 0.3) is 0 Å². The Labute approximate surface area is 140 Å². The van der Waals surface area contributed by atoms with Crippen LogP contribution < -0.4 is 4.74 Å². The van der Waals surface area contributed by atoms with Crippen molar-refractivity contribution in [2.24, 2.45) is 0 Å². The first-order valence-corrected chi connectivity index (χ1v) is 6.77. The summed E-state index contributed by atoms with van der Waals surface area (Å²) in [6.45, 7) is 0.411. The Morgan fingerprint density at radius 3 is 2.46 bits per heavy atom. The number of ether oxygens (including phenoxy) is 1. The molecule has 0 saturated heterocycles. The van der Waals surface area contributed by atoms with Gasteiger partial charge in [0.25, 0.3) is 5.24 Å². The van der Waals surface area contributed by atoms with Gasteiger partial charge >= 0.3 is 6.18 Å². The van der Waals surface area contributed by atoms with Gasteiger partial charge in [0.1, 0.15) is 6.07 Å². The van der Waals surface area contributed by atoms with Crippen LogP contribution in [-0.2, 0) is 0 Å². The number of nitriles is 1. The molecule has 24 heavy (non-hydrogen) atoms. The Bertz CT molecular complexity index is 728. The van der Waals surface area contributed by atoms with Gasteiger partial charge in [0.05, 0.1) is 5.56 Å². The molecular weight excluding hydrogens is 347 g/mol. The van der Waals surface area contributed by atoms with E-state index < -0.39 is 18.0 Å². The van der Waals surface area contributed by atoms with E-state index in [9.17, 15) is 18.0 Å². The zero-order valence-electron chi connectivity index (χ0n) is 12.3. The van der Waals surface area contributed by atoms with E-state index in [4.69, 9.17) is 16.9 Å². The molecule has 5 nitrogen and oxygen atoms in total. The van der Waals surface area contributed by atoms with Crippen molar-refractivity contribution in [3.05, 3.63) is 53.5 Å². The normalized spacial score (nSPS) is 10.2. The molecule has 0 aliphatic carbocycles. The monoisotopic (exact) mass is 357 g/mol. The number of carbonyl (C=O) groups is 1. The number of rotatable bonds is 3. The van der Waals surface area contributed by atoms with Crippen molar-refractivity contribution in [1.29, 1.82) is 5.26 Å². The molecule has 0 amide bonds. The van der Waals surface area contributed by atoms with Gasteiger partial charge in [-0.25, -0.2) is 4.98 Å². The molecule has 2 aromatic heterocycles. The van der Waals surface area contributed by atoms with Crippen LogP contribution in [0.15, 0.2) is 36.8 Å². The Balaban J connectivity index is 0.000000254. The summed E-state index contributed by atoms with van der Waals surface area (Å²) in [5, 5.41) is 7.95. The van der Waals surface area contributed by atoms with Gasteiger partial charge in [-0.2, -0.15) is 18.4 Å². The summed E-state index contributed by atoms with van der Waals surface area (Å²) in [7, 11) is 0. The molecule has 0 radical (unpaired) electrons. The lowest BCUT2D eigenvalue weighted by molar-refractivity contribution is -0.154. The van der Waals surface area contributed by atoms with Crippen LogP contribution in [0.3, 0.4) is 0 Å². The van der Waals surface area contributed by atoms with Gasteiger partial charge in [0, 0.05) is 30.2 Å². The number of hydrogen-bond donors (Lipinski definition) is 0. The largest absolute Gasteiger partial charge is 0.468 e. The number of carbonyl (C=O) groups excluding carboxylic acids is 1. The highest BCUT2D eigenvalue weighted by Crippen LogP contribution is 2.16. The maximum atomic E-state index is 11.7. The Morgan fingerprint density at radius 2 is 2.04 bits per heavy atom. The molecule has 2 heterocycles. The van der Waals surface area contributed by atoms with Gasteiger partial charge in [0.15, 0.2) is 6.61 Å². The summed E-state index contributed by atoms with van der Waals surface area (Å²) in [4.78, 5) is 17.9. The van der Waals surface area contributed by atoms with Gasteiger partial charge in [-0.15, -0.1) is 0 Å². The van der Waals surface area contributed by atoms with E-state index in [1.807, 2.05) is 0 Å². The molecule has 2 rings (SSSR count). The Hall–Kier alpha value is -2.66. The highest BCUT2D eigenvalue weighted by atomic mass is 35.5. The molecular formula is C15H11ClF3N3O2. The number of alkyl halides is 3. The number of halogens is 4. The van der Waals surface area contributed by atoms with Crippen LogP contribution in [0.4, 0.5) is 13.2 Å². The van der Waals surface area contributed by atoms with Crippen molar-refractivity contribution in [2.45, 2.75) is 13.1 Å². The minimum Gasteiger partial charge on any atom is -0.468 e. The first-order valence-electron chi connectivity index (χ1n) is 6.39. The topological polar surface area (TPSA) is 75.9 Å². The van der Waals surface area contributed by atoms with Crippen LogP contribution in [-0.4, -0.2) is 28.0 Å². The minimum atomic E-state index is -4.38. The lowest BCUT2D eigenvalue weighted by Gasteiger charge is -2.07. The van der Waals surface area contributed by atoms with Gasteiger partial charge in [-0.05, 0) is 36.2 Å². The van der Waals surface area contributed by atoms with Crippen molar-refractivity contribution >= 4 is 16.8 Å². The first-order chi connectivity index (χ1) is 11.2. The van der Waals surface area contributed by atoms with Crippen molar-refractivity contribution in [3.8, 4) is 11.9 Å². The number of hydrogen-bond acceptors (Lipinski definition) is 5. The van der Waals surface area contributed by atoms with E-state index in [-0.39, 0.29) is 11.4 Å². The first kappa shape index (κ1) is 19.4. The number of pyridine rings is 2.